The number of ether oxygens (including phenoxy) is 1. The van der Waals surface area contributed by atoms with Gasteiger partial charge in [0.2, 0.25) is 0 Å². The van der Waals surface area contributed by atoms with E-state index < -0.39 is 5.60 Å². The second-order valence-electron chi connectivity index (χ2n) is 7.93. The van der Waals surface area contributed by atoms with Crippen molar-refractivity contribution < 1.29 is 19.4 Å². The first-order valence-corrected chi connectivity index (χ1v) is 9.96. The molecule has 1 aromatic carbocycles. The number of carbonyl (C=O) groups excluding carboxylic acids is 2. The monoisotopic (exact) mass is 399 g/mol. The van der Waals surface area contributed by atoms with Crippen LogP contribution in [0.2, 0.25) is 0 Å². The Hall–Kier alpha value is -2.64. The SMILES string of the molecule is CC[C@@H](NC(=O)c1cc(C(=O)NCC(C)(C)O)n2c1COCC2)c1ccccc1. The number of hydrogen-bond donors (Lipinski definition) is 3. The van der Waals surface area contributed by atoms with Crippen LogP contribution in [0.1, 0.15) is 65.3 Å². The second kappa shape index (κ2) is 8.80. The molecule has 7 nitrogen and oxygen atoms in total. The molecule has 0 bridgehead atoms. The van der Waals surface area contributed by atoms with E-state index in [2.05, 4.69) is 10.6 Å². The van der Waals surface area contributed by atoms with Gasteiger partial charge < -0.3 is 25.0 Å². The highest BCUT2D eigenvalue weighted by atomic mass is 16.5. The van der Waals surface area contributed by atoms with Gasteiger partial charge in [-0.1, -0.05) is 37.3 Å². The Kier molecular flexibility index (Phi) is 6.39. The standard InChI is InChI=1S/C22H29N3O4/c1-4-17(15-8-6-5-7-9-15)24-20(26)16-12-18(21(27)23-14-22(2,3)28)25-10-11-29-13-19(16)25/h5-9,12,17,28H,4,10-11,13-14H2,1-3H3,(H,23,27)(H,24,26)/t17-/m1/s1. The van der Waals surface area contributed by atoms with Crippen LogP contribution in [0.25, 0.3) is 0 Å². The summed E-state index contributed by atoms with van der Waals surface area (Å²) in [4.78, 5) is 25.7. The molecule has 1 aromatic heterocycles. The van der Waals surface area contributed by atoms with E-state index in [1.807, 2.05) is 41.8 Å². The summed E-state index contributed by atoms with van der Waals surface area (Å²) < 4.78 is 7.37. The van der Waals surface area contributed by atoms with E-state index in [1.54, 1.807) is 19.9 Å². The van der Waals surface area contributed by atoms with Crippen molar-refractivity contribution in [3.63, 3.8) is 0 Å². The maximum atomic E-state index is 13.1. The van der Waals surface area contributed by atoms with Crippen molar-refractivity contribution in [2.24, 2.45) is 0 Å². The molecule has 0 unspecified atom stereocenters. The van der Waals surface area contributed by atoms with Gasteiger partial charge in [-0.05, 0) is 31.9 Å². The van der Waals surface area contributed by atoms with Crippen LogP contribution >= 0.6 is 0 Å². The van der Waals surface area contributed by atoms with Crippen molar-refractivity contribution in [1.82, 2.24) is 15.2 Å². The molecule has 0 aliphatic carbocycles. The third kappa shape index (κ3) is 5.05. The highest BCUT2D eigenvalue weighted by molar-refractivity contribution is 6.00. The minimum atomic E-state index is -1.01. The topological polar surface area (TPSA) is 92.6 Å². The van der Waals surface area contributed by atoms with Gasteiger partial charge in [-0.25, -0.2) is 0 Å². The summed E-state index contributed by atoms with van der Waals surface area (Å²) in [5.41, 5.74) is 1.58. The van der Waals surface area contributed by atoms with Crippen molar-refractivity contribution in [1.29, 1.82) is 0 Å². The van der Waals surface area contributed by atoms with E-state index in [0.717, 1.165) is 12.0 Å². The lowest BCUT2D eigenvalue weighted by atomic mass is 10.0. The summed E-state index contributed by atoms with van der Waals surface area (Å²) in [7, 11) is 0. The summed E-state index contributed by atoms with van der Waals surface area (Å²) in [6.07, 6.45) is 0.751. The molecule has 0 fully saturated rings. The van der Waals surface area contributed by atoms with E-state index >= 15 is 0 Å². The normalized spacial score (nSPS) is 14.8. The first-order chi connectivity index (χ1) is 13.8. The molecule has 3 rings (SSSR count). The first-order valence-electron chi connectivity index (χ1n) is 9.96. The number of carbonyl (C=O) groups is 2. The maximum Gasteiger partial charge on any atom is 0.268 e. The van der Waals surface area contributed by atoms with Gasteiger partial charge in [0, 0.05) is 13.1 Å². The summed E-state index contributed by atoms with van der Waals surface area (Å²) in [5, 5.41) is 15.7. The van der Waals surface area contributed by atoms with Crippen LogP contribution in [-0.2, 0) is 17.9 Å². The first kappa shape index (κ1) is 21.1. The molecule has 2 aromatic rings. The molecule has 156 valence electrons. The van der Waals surface area contributed by atoms with E-state index in [9.17, 15) is 14.7 Å². The lowest BCUT2D eigenvalue weighted by Crippen LogP contribution is -2.39. The Labute approximate surface area is 171 Å². The molecule has 0 radical (unpaired) electrons. The molecule has 7 heteroatoms. The Morgan fingerprint density at radius 2 is 1.97 bits per heavy atom. The zero-order valence-corrected chi connectivity index (χ0v) is 17.2. The average molecular weight is 399 g/mol. The zero-order chi connectivity index (χ0) is 21.0. The fourth-order valence-corrected chi connectivity index (χ4v) is 3.44. The van der Waals surface area contributed by atoms with Gasteiger partial charge in [0.1, 0.15) is 5.69 Å². The molecule has 1 aliphatic heterocycles. The fraction of sp³-hybridized carbons (Fsp3) is 0.455. The van der Waals surface area contributed by atoms with Crippen LogP contribution in [0.3, 0.4) is 0 Å². The fourth-order valence-electron chi connectivity index (χ4n) is 3.44. The number of nitrogens with zero attached hydrogens (tertiary/aromatic N) is 1. The molecule has 0 saturated heterocycles. The van der Waals surface area contributed by atoms with Crippen LogP contribution in [0.4, 0.5) is 0 Å². The quantitative estimate of drug-likeness (QED) is 0.667. The smallest absolute Gasteiger partial charge is 0.268 e. The molecule has 0 spiro atoms. The van der Waals surface area contributed by atoms with Crippen LogP contribution in [0, 0.1) is 0 Å². The number of amides is 2. The minimum absolute atomic E-state index is 0.115. The van der Waals surface area contributed by atoms with Crippen molar-refractivity contribution in [2.75, 3.05) is 13.2 Å². The Balaban J connectivity index is 1.84. The molecule has 1 aliphatic rings. The number of aliphatic hydroxyl groups is 1. The van der Waals surface area contributed by atoms with E-state index in [-0.39, 0.29) is 31.0 Å². The van der Waals surface area contributed by atoms with Crippen LogP contribution in [-0.4, -0.2) is 40.2 Å². The largest absolute Gasteiger partial charge is 0.389 e. The Morgan fingerprint density at radius 1 is 1.24 bits per heavy atom. The van der Waals surface area contributed by atoms with Gasteiger partial charge in [0.15, 0.2) is 0 Å². The number of aromatic nitrogens is 1. The highest BCUT2D eigenvalue weighted by Gasteiger charge is 2.27. The average Bonchev–Trinajstić information content (AvgIpc) is 3.10. The lowest BCUT2D eigenvalue weighted by molar-refractivity contribution is 0.0669. The molecule has 3 N–H and O–H groups in total. The molecule has 2 amide bonds. The van der Waals surface area contributed by atoms with Crippen LogP contribution < -0.4 is 10.6 Å². The molecule has 2 heterocycles. The molecule has 1 atom stereocenters. The summed E-state index contributed by atoms with van der Waals surface area (Å²) in [6.45, 7) is 6.66. The minimum Gasteiger partial charge on any atom is -0.389 e. The predicted molar refractivity (Wildman–Crippen MR) is 110 cm³/mol. The third-order valence-corrected chi connectivity index (χ3v) is 4.98. The van der Waals surface area contributed by atoms with Crippen LogP contribution in [0.15, 0.2) is 36.4 Å². The van der Waals surface area contributed by atoms with Crippen molar-refractivity contribution in [3.8, 4) is 0 Å². The van der Waals surface area contributed by atoms with Crippen LogP contribution in [0.5, 0.6) is 0 Å². The van der Waals surface area contributed by atoms with Gasteiger partial charge >= 0.3 is 0 Å². The van der Waals surface area contributed by atoms with E-state index in [4.69, 9.17) is 4.74 Å². The molecular weight excluding hydrogens is 370 g/mol. The number of benzene rings is 1. The second-order valence-corrected chi connectivity index (χ2v) is 7.93. The maximum absolute atomic E-state index is 13.1. The third-order valence-electron chi connectivity index (χ3n) is 4.98. The molecular formula is C22H29N3O4. The lowest BCUT2D eigenvalue weighted by Gasteiger charge is -2.21. The Bertz CT molecular complexity index is 868. The molecule has 29 heavy (non-hydrogen) atoms. The zero-order valence-electron chi connectivity index (χ0n) is 17.2. The van der Waals surface area contributed by atoms with E-state index in [0.29, 0.717) is 30.1 Å². The van der Waals surface area contributed by atoms with Crippen molar-refractivity contribution >= 4 is 11.8 Å². The predicted octanol–water partition coefficient (Wildman–Crippen LogP) is 2.40. The Morgan fingerprint density at radius 3 is 2.62 bits per heavy atom. The number of rotatable bonds is 7. The number of nitrogens with one attached hydrogen (secondary N) is 2. The van der Waals surface area contributed by atoms with Gasteiger partial charge in [-0.3, -0.25) is 9.59 Å². The van der Waals surface area contributed by atoms with Gasteiger partial charge in [0.05, 0.1) is 36.1 Å². The number of fused-ring (bicyclic) bond motifs is 1. The molecule has 0 saturated carbocycles. The van der Waals surface area contributed by atoms with Crippen molar-refractivity contribution in [2.45, 2.75) is 52.0 Å². The summed E-state index contributed by atoms with van der Waals surface area (Å²) in [6, 6.07) is 11.3. The van der Waals surface area contributed by atoms with Gasteiger partial charge in [-0.15, -0.1) is 0 Å². The highest BCUT2D eigenvalue weighted by Crippen LogP contribution is 2.23. The van der Waals surface area contributed by atoms with Gasteiger partial charge in [-0.2, -0.15) is 0 Å². The van der Waals surface area contributed by atoms with E-state index in [1.165, 1.54) is 0 Å². The summed E-state index contributed by atoms with van der Waals surface area (Å²) in [5.74, 6) is -0.541. The number of hydrogen-bond acceptors (Lipinski definition) is 4. The van der Waals surface area contributed by atoms with Gasteiger partial charge in [0.25, 0.3) is 11.8 Å². The summed E-state index contributed by atoms with van der Waals surface area (Å²) >= 11 is 0. The van der Waals surface area contributed by atoms with Crippen molar-refractivity contribution in [3.05, 3.63) is 58.9 Å².